The molecule has 0 saturated carbocycles. The number of hydrogen-bond acceptors (Lipinski definition) is 5. The number of anilines is 1. The molecule has 1 aliphatic rings. The van der Waals surface area contributed by atoms with E-state index in [9.17, 15) is 8.42 Å². The smallest absolute Gasteiger partial charge is 0.234 e. The van der Waals surface area contributed by atoms with Gasteiger partial charge in [-0.05, 0) is 12.1 Å². The van der Waals surface area contributed by atoms with Crippen molar-refractivity contribution in [3.8, 4) is 11.5 Å². The van der Waals surface area contributed by atoms with E-state index in [1.807, 2.05) is 0 Å². The lowest BCUT2D eigenvalue weighted by atomic mass is 10.3. The van der Waals surface area contributed by atoms with Crippen LogP contribution < -0.4 is 14.2 Å². The normalized spacial score (nSPS) is 14.4. The van der Waals surface area contributed by atoms with Crippen molar-refractivity contribution in [3.05, 3.63) is 18.2 Å². The fraction of sp³-hybridized carbons (Fsp3) is 0.400. The Labute approximate surface area is 99.2 Å². The Bertz CT molecular complexity index is 499. The molecule has 0 bridgehead atoms. The van der Waals surface area contributed by atoms with Crippen LogP contribution in [0.3, 0.4) is 0 Å². The van der Waals surface area contributed by atoms with Crippen molar-refractivity contribution in [1.82, 2.24) is 0 Å². The van der Waals surface area contributed by atoms with Gasteiger partial charge in [0, 0.05) is 6.07 Å². The summed E-state index contributed by atoms with van der Waals surface area (Å²) in [6.07, 6.45) is 0. The van der Waals surface area contributed by atoms with Crippen LogP contribution in [0.4, 0.5) is 5.69 Å². The van der Waals surface area contributed by atoms with Gasteiger partial charge in [0.25, 0.3) is 0 Å². The molecule has 1 aromatic carbocycles. The minimum Gasteiger partial charge on any atom is -0.486 e. The Morgan fingerprint density at radius 1 is 1.24 bits per heavy atom. The number of fused-ring (bicyclic) bond motifs is 1. The largest absolute Gasteiger partial charge is 0.486 e. The summed E-state index contributed by atoms with van der Waals surface area (Å²) >= 11 is 0. The van der Waals surface area contributed by atoms with Crippen LogP contribution in [0, 0.1) is 0 Å². The molecule has 0 saturated heterocycles. The molecule has 0 amide bonds. The molecule has 0 aliphatic carbocycles. The number of nitrogens with one attached hydrogen (secondary N) is 1. The molecular weight excluding hydrogens is 246 g/mol. The predicted molar refractivity (Wildman–Crippen MR) is 61.9 cm³/mol. The van der Waals surface area contributed by atoms with Crippen LogP contribution in [0.1, 0.15) is 0 Å². The molecule has 0 aromatic heterocycles. The van der Waals surface area contributed by atoms with Gasteiger partial charge in [0.1, 0.15) is 13.2 Å². The Balaban J connectivity index is 2.17. The van der Waals surface area contributed by atoms with Crippen LogP contribution in [-0.4, -0.2) is 39.1 Å². The van der Waals surface area contributed by atoms with Crippen molar-refractivity contribution >= 4 is 15.7 Å². The fourth-order valence-electron chi connectivity index (χ4n) is 1.46. The molecule has 94 valence electrons. The molecule has 17 heavy (non-hydrogen) atoms. The van der Waals surface area contributed by atoms with Gasteiger partial charge in [-0.3, -0.25) is 4.72 Å². The summed E-state index contributed by atoms with van der Waals surface area (Å²) in [5.41, 5.74) is 0.391. The second kappa shape index (κ2) is 4.80. The molecule has 0 spiro atoms. The summed E-state index contributed by atoms with van der Waals surface area (Å²) in [6.45, 7) is 0.516. The van der Waals surface area contributed by atoms with Gasteiger partial charge in [0.15, 0.2) is 11.5 Å². The first-order valence-corrected chi connectivity index (χ1v) is 6.77. The van der Waals surface area contributed by atoms with E-state index in [4.69, 9.17) is 14.6 Å². The number of rotatable bonds is 4. The number of ether oxygens (including phenoxy) is 2. The van der Waals surface area contributed by atoms with Crippen LogP contribution in [0.2, 0.25) is 0 Å². The lowest BCUT2D eigenvalue weighted by Gasteiger charge is -2.19. The van der Waals surface area contributed by atoms with Gasteiger partial charge in [-0.1, -0.05) is 0 Å². The minimum atomic E-state index is -3.51. The summed E-state index contributed by atoms with van der Waals surface area (Å²) < 4.78 is 35.8. The minimum absolute atomic E-state index is 0.332. The average molecular weight is 259 g/mol. The van der Waals surface area contributed by atoms with E-state index in [1.165, 1.54) is 0 Å². The highest BCUT2D eigenvalue weighted by Gasteiger charge is 2.14. The number of hydrogen-bond donors (Lipinski definition) is 2. The van der Waals surface area contributed by atoms with E-state index in [1.54, 1.807) is 18.2 Å². The fourth-order valence-corrected chi connectivity index (χ4v) is 2.29. The third kappa shape index (κ3) is 3.01. The van der Waals surface area contributed by atoms with Gasteiger partial charge in [-0.2, -0.15) is 0 Å². The van der Waals surface area contributed by atoms with Crippen molar-refractivity contribution in [2.75, 3.05) is 30.3 Å². The molecule has 1 aliphatic heterocycles. The van der Waals surface area contributed by atoms with Crippen LogP contribution in [0.5, 0.6) is 11.5 Å². The second-order valence-corrected chi connectivity index (χ2v) is 5.34. The zero-order valence-corrected chi connectivity index (χ0v) is 9.87. The molecular formula is C10H13NO5S. The highest BCUT2D eigenvalue weighted by Crippen LogP contribution is 2.32. The number of sulfonamides is 1. The maximum Gasteiger partial charge on any atom is 0.234 e. The lowest BCUT2D eigenvalue weighted by molar-refractivity contribution is 0.171. The standard InChI is InChI=1S/C10H13NO5S/c12-3-6-17(13,14)11-8-1-2-9-10(7-8)16-5-4-15-9/h1-2,7,11-12H,3-6H2. The quantitative estimate of drug-likeness (QED) is 0.806. The van der Waals surface area contributed by atoms with Crippen LogP contribution in [0.25, 0.3) is 0 Å². The molecule has 6 nitrogen and oxygen atoms in total. The monoisotopic (exact) mass is 259 g/mol. The van der Waals surface area contributed by atoms with Crippen molar-refractivity contribution < 1.29 is 23.0 Å². The van der Waals surface area contributed by atoms with Crippen LogP contribution in [-0.2, 0) is 10.0 Å². The van der Waals surface area contributed by atoms with Gasteiger partial charge in [-0.25, -0.2) is 8.42 Å². The molecule has 1 aromatic rings. The third-order valence-electron chi connectivity index (χ3n) is 2.18. The average Bonchev–Trinajstić information content (AvgIpc) is 2.28. The molecule has 0 atom stereocenters. The molecule has 2 N–H and O–H groups in total. The first-order chi connectivity index (χ1) is 8.11. The van der Waals surface area contributed by atoms with Gasteiger partial charge < -0.3 is 14.6 Å². The Morgan fingerprint density at radius 2 is 1.94 bits per heavy atom. The first-order valence-electron chi connectivity index (χ1n) is 5.12. The molecule has 0 fully saturated rings. The highest BCUT2D eigenvalue weighted by molar-refractivity contribution is 7.92. The maximum atomic E-state index is 11.4. The summed E-state index contributed by atoms with van der Waals surface area (Å²) in [7, 11) is -3.51. The highest BCUT2D eigenvalue weighted by atomic mass is 32.2. The molecule has 1 heterocycles. The van der Waals surface area contributed by atoms with E-state index >= 15 is 0 Å². The second-order valence-electron chi connectivity index (χ2n) is 3.50. The van der Waals surface area contributed by atoms with Gasteiger partial charge in [0.2, 0.25) is 10.0 Å². The van der Waals surface area contributed by atoms with E-state index in [0.29, 0.717) is 30.4 Å². The maximum absolute atomic E-state index is 11.4. The third-order valence-corrected chi connectivity index (χ3v) is 3.44. The molecule has 0 radical (unpaired) electrons. The van der Waals surface area contributed by atoms with Crippen molar-refractivity contribution in [2.24, 2.45) is 0 Å². The van der Waals surface area contributed by atoms with Crippen molar-refractivity contribution in [3.63, 3.8) is 0 Å². The zero-order valence-electron chi connectivity index (χ0n) is 9.05. The van der Waals surface area contributed by atoms with Gasteiger partial charge >= 0.3 is 0 Å². The number of benzene rings is 1. The number of aliphatic hydroxyl groups excluding tert-OH is 1. The Hall–Kier alpha value is -1.47. The van der Waals surface area contributed by atoms with Gasteiger partial charge in [0.05, 0.1) is 18.0 Å². The van der Waals surface area contributed by atoms with E-state index in [0.717, 1.165) is 0 Å². The van der Waals surface area contributed by atoms with Crippen LogP contribution in [0.15, 0.2) is 18.2 Å². The molecule has 0 unspecified atom stereocenters. The SMILES string of the molecule is O=S(=O)(CCO)Nc1ccc2c(c1)OCCO2. The Kier molecular flexibility index (Phi) is 3.39. The van der Waals surface area contributed by atoms with Gasteiger partial charge in [-0.15, -0.1) is 0 Å². The van der Waals surface area contributed by atoms with E-state index < -0.39 is 16.6 Å². The summed E-state index contributed by atoms with van der Waals surface area (Å²) in [5, 5.41) is 8.61. The van der Waals surface area contributed by atoms with E-state index in [-0.39, 0.29) is 5.75 Å². The summed E-state index contributed by atoms with van der Waals surface area (Å²) in [4.78, 5) is 0. The molecule has 2 rings (SSSR count). The predicted octanol–water partition coefficient (Wildman–Crippen LogP) is 0.192. The summed E-state index contributed by atoms with van der Waals surface area (Å²) in [6, 6.07) is 4.79. The topological polar surface area (TPSA) is 84.9 Å². The van der Waals surface area contributed by atoms with E-state index in [2.05, 4.69) is 4.72 Å². The van der Waals surface area contributed by atoms with Crippen molar-refractivity contribution in [1.29, 1.82) is 0 Å². The zero-order chi connectivity index (χ0) is 12.3. The Morgan fingerprint density at radius 3 is 2.65 bits per heavy atom. The van der Waals surface area contributed by atoms with Crippen LogP contribution >= 0.6 is 0 Å². The summed E-state index contributed by atoms with van der Waals surface area (Å²) in [5.74, 6) is 0.781. The molecule has 7 heteroatoms. The number of aliphatic hydroxyl groups is 1. The first kappa shape index (κ1) is 12.0. The van der Waals surface area contributed by atoms with Crippen molar-refractivity contribution in [2.45, 2.75) is 0 Å². The lowest BCUT2D eigenvalue weighted by Crippen LogP contribution is -2.19.